The van der Waals surface area contributed by atoms with Crippen LogP contribution in [0, 0.1) is 0 Å². The molecule has 1 rings (SSSR count). The van der Waals surface area contributed by atoms with Crippen LogP contribution < -0.4 is 5.32 Å². The molecule has 1 unspecified atom stereocenters. The molecule has 0 radical (unpaired) electrons. The molecule has 0 saturated heterocycles. The molecule has 0 amide bonds. The van der Waals surface area contributed by atoms with E-state index in [-0.39, 0.29) is 0 Å². The van der Waals surface area contributed by atoms with Gasteiger partial charge in [-0.15, -0.1) is 0 Å². The Morgan fingerprint density at radius 3 is 2.74 bits per heavy atom. The van der Waals surface area contributed by atoms with Gasteiger partial charge in [-0.05, 0) is 49.9 Å². The molecule has 1 aromatic carbocycles. The van der Waals surface area contributed by atoms with Crippen LogP contribution in [0.4, 0.5) is 0 Å². The van der Waals surface area contributed by atoms with Crippen molar-refractivity contribution in [3.63, 3.8) is 0 Å². The van der Waals surface area contributed by atoms with E-state index in [4.69, 9.17) is 4.74 Å². The van der Waals surface area contributed by atoms with Crippen molar-refractivity contribution in [2.24, 2.45) is 0 Å². The fourth-order valence-corrected chi connectivity index (χ4v) is 2.49. The second-order valence-corrected chi connectivity index (χ2v) is 5.80. The lowest BCUT2D eigenvalue weighted by Crippen LogP contribution is -2.33. The summed E-state index contributed by atoms with van der Waals surface area (Å²) in [6.45, 7) is 7.15. The minimum atomic E-state index is 0.506. The van der Waals surface area contributed by atoms with Crippen molar-refractivity contribution < 1.29 is 4.74 Å². The van der Waals surface area contributed by atoms with Crippen LogP contribution in [0.5, 0.6) is 0 Å². The van der Waals surface area contributed by atoms with Gasteiger partial charge in [0, 0.05) is 23.7 Å². The Morgan fingerprint density at radius 1 is 1.21 bits per heavy atom. The SMILES string of the molecule is CCCNC(CCOCCC)Cc1cccc(Br)c1. The topological polar surface area (TPSA) is 21.3 Å². The van der Waals surface area contributed by atoms with Crippen LogP contribution in [-0.2, 0) is 11.2 Å². The summed E-state index contributed by atoms with van der Waals surface area (Å²) in [7, 11) is 0. The third-order valence-corrected chi connectivity index (χ3v) is 3.51. The van der Waals surface area contributed by atoms with Gasteiger partial charge in [0.25, 0.3) is 0 Å². The van der Waals surface area contributed by atoms with Gasteiger partial charge in [-0.3, -0.25) is 0 Å². The molecule has 0 spiro atoms. The molecule has 0 aliphatic carbocycles. The van der Waals surface area contributed by atoms with Gasteiger partial charge in [0.05, 0.1) is 0 Å². The molecule has 0 fully saturated rings. The van der Waals surface area contributed by atoms with Crippen LogP contribution in [0.2, 0.25) is 0 Å². The normalized spacial score (nSPS) is 12.6. The predicted molar refractivity (Wildman–Crippen MR) is 85.7 cm³/mol. The maximum Gasteiger partial charge on any atom is 0.0480 e. The van der Waals surface area contributed by atoms with Crippen molar-refractivity contribution in [2.75, 3.05) is 19.8 Å². The van der Waals surface area contributed by atoms with Crippen LogP contribution in [-0.4, -0.2) is 25.8 Å². The van der Waals surface area contributed by atoms with Gasteiger partial charge in [0.2, 0.25) is 0 Å². The maximum absolute atomic E-state index is 5.61. The van der Waals surface area contributed by atoms with E-state index in [1.54, 1.807) is 0 Å². The Balaban J connectivity index is 2.43. The Kier molecular flexibility index (Phi) is 9.14. The van der Waals surface area contributed by atoms with Crippen molar-refractivity contribution in [2.45, 2.75) is 45.6 Å². The molecule has 0 bridgehead atoms. The zero-order valence-electron chi connectivity index (χ0n) is 12.1. The summed E-state index contributed by atoms with van der Waals surface area (Å²) >= 11 is 3.53. The van der Waals surface area contributed by atoms with E-state index < -0.39 is 0 Å². The molecule has 1 aromatic rings. The van der Waals surface area contributed by atoms with Gasteiger partial charge in [0.1, 0.15) is 0 Å². The van der Waals surface area contributed by atoms with Crippen molar-refractivity contribution in [3.8, 4) is 0 Å². The number of benzene rings is 1. The van der Waals surface area contributed by atoms with Gasteiger partial charge < -0.3 is 10.1 Å². The zero-order chi connectivity index (χ0) is 13.9. The Bertz CT molecular complexity index is 343. The van der Waals surface area contributed by atoms with Crippen molar-refractivity contribution in [1.82, 2.24) is 5.32 Å². The first kappa shape index (κ1) is 16.7. The highest BCUT2D eigenvalue weighted by Crippen LogP contribution is 2.14. The van der Waals surface area contributed by atoms with E-state index in [2.05, 4.69) is 59.4 Å². The molecule has 19 heavy (non-hydrogen) atoms. The fraction of sp³-hybridized carbons (Fsp3) is 0.625. The van der Waals surface area contributed by atoms with Gasteiger partial charge in [0.15, 0.2) is 0 Å². The lowest BCUT2D eigenvalue weighted by atomic mass is 10.0. The van der Waals surface area contributed by atoms with Crippen LogP contribution >= 0.6 is 15.9 Å². The zero-order valence-corrected chi connectivity index (χ0v) is 13.7. The number of ether oxygens (including phenoxy) is 1. The van der Waals surface area contributed by atoms with E-state index in [1.165, 1.54) is 12.0 Å². The van der Waals surface area contributed by atoms with Crippen LogP contribution in [0.3, 0.4) is 0 Å². The predicted octanol–water partition coefficient (Wildman–Crippen LogP) is 4.18. The molecule has 1 atom stereocenters. The molecular weight excluding hydrogens is 302 g/mol. The largest absolute Gasteiger partial charge is 0.381 e. The summed E-state index contributed by atoms with van der Waals surface area (Å²) in [4.78, 5) is 0. The third-order valence-electron chi connectivity index (χ3n) is 3.01. The van der Waals surface area contributed by atoms with Gasteiger partial charge in [-0.25, -0.2) is 0 Å². The molecule has 0 saturated carbocycles. The molecule has 0 aromatic heterocycles. The van der Waals surface area contributed by atoms with Crippen LogP contribution in [0.15, 0.2) is 28.7 Å². The van der Waals surface area contributed by atoms with Crippen molar-refractivity contribution >= 4 is 15.9 Å². The summed E-state index contributed by atoms with van der Waals surface area (Å²) < 4.78 is 6.76. The minimum absolute atomic E-state index is 0.506. The summed E-state index contributed by atoms with van der Waals surface area (Å²) in [5.74, 6) is 0. The van der Waals surface area contributed by atoms with Gasteiger partial charge in [-0.2, -0.15) is 0 Å². The van der Waals surface area contributed by atoms with Crippen LogP contribution in [0.1, 0.15) is 38.7 Å². The average molecular weight is 328 g/mol. The first-order chi connectivity index (χ1) is 9.26. The first-order valence-electron chi connectivity index (χ1n) is 7.31. The molecule has 1 N–H and O–H groups in total. The second-order valence-electron chi connectivity index (χ2n) is 4.89. The summed E-state index contributed by atoms with van der Waals surface area (Å²) in [6.07, 6.45) is 4.41. The second kappa shape index (κ2) is 10.4. The highest BCUT2D eigenvalue weighted by atomic mass is 79.9. The summed E-state index contributed by atoms with van der Waals surface area (Å²) in [5.41, 5.74) is 1.37. The molecule has 0 aliphatic heterocycles. The third kappa shape index (κ3) is 7.71. The van der Waals surface area contributed by atoms with Crippen molar-refractivity contribution in [1.29, 1.82) is 0 Å². The van der Waals surface area contributed by atoms with E-state index in [0.717, 1.165) is 43.5 Å². The highest BCUT2D eigenvalue weighted by Gasteiger charge is 2.09. The average Bonchev–Trinajstić information content (AvgIpc) is 2.40. The maximum atomic E-state index is 5.61. The number of hydrogen-bond donors (Lipinski definition) is 1. The molecule has 0 aliphatic rings. The Hall–Kier alpha value is -0.380. The molecule has 0 heterocycles. The van der Waals surface area contributed by atoms with Crippen molar-refractivity contribution in [3.05, 3.63) is 34.3 Å². The number of rotatable bonds is 10. The van der Waals surface area contributed by atoms with E-state index in [0.29, 0.717) is 6.04 Å². The molecule has 3 heteroatoms. The summed E-state index contributed by atoms with van der Waals surface area (Å²) in [6, 6.07) is 9.07. The first-order valence-corrected chi connectivity index (χ1v) is 8.11. The standard InChI is InChI=1S/C16H26BrNO/c1-3-9-18-16(8-11-19-10-4-2)13-14-6-5-7-15(17)12-14/h5-7,12,16,18H,3-4,8-11,13H2,1-2H3. The van der Waals surface area contributed by atoms with E-state index in [9.17, 15) is 0 Å². The smallest absolute Gasteiger partial charge is 0.0480 e. The van der Waals surface area contributed by atoms with E-state index in [1.807, 2.05) is 0 Å². The molecular formula is C16H26BrNO. The fourth-order valence-electron chi connectivity index (χ4n) is 2.05. The van der Waals surface area contributed by atoms with Crippen LogP contribution in [0.25, 0.3) is 0 Å². The van der Waals surface area contributed by atoms with Gasteiger partial charge in [-0.1, -0.05) is 41.9 Å². The Morgan fingerprint density at radius 2 is 2.05 bits per heavy atom. The lowest BCUT2D eigenvalue weighted by molar-refractivity contribution is 0.124. The number of nitrogens with one attached hydrogen (secondary N) is 1. The molecule has 108 valence electrons. The molecule has 2 nitrogen and oxygen atoms in total. The van der Waals surface area contributed by atoms with Gasteiger partial charge >= 0.3 is 0 Å². The summed E-state index contributed by atoms with van der Waals surface area (Å²) in [5, 5.41) is 3.62. The quantitative estimate of drug-likeness (QED) is 0.651. The highest BCUT2D eigenvalue weighted by molar-refractivity contribution is 9.10. The lowest BCUT2D eigenvalue weighted by Gasteiger charge is -2.19. The number of halogens is 1. The Labute approximate surface area is 126 Å². The minimum Gasteiger partial charge on any atom is -0.381 e. The van der Waals surface area contributed by atoms with E-state index >= 15 is 0 Å². The number of hydrogen-bond acceptors (Lipinski definition) is 2. The monoisotopic (exact) mass is 327 g/mol.